The Bertz CT molecular complexity index is 177. The van der Waals surface area contributed by atoms with Gasteiger partial charge in [0.1, 0.15) is 0 Å². The fraction of sp³-hybridized carbons (Fsp3) is 0.714. The van der Waals surface area contributed by atoms with Crippen molar-refractivity contribution in [1.29, 1.82) is 0 Å². The molecule has 1 N–H and O–H groups in total. The van der Waals surface area contributed by atoms with E-state index in [-0.39, 0.29) is 12.5 Å². The molecule has 0 atom stereocenters. The van der Waals surface area contributed by atoms with Gasteiger partial charge in [0.05, 0.1) is 0 Å². The molecular weight excluding hydrogens is 160 g/mol. The summed E-state index contributed by atoms with van der Waals surface area (Å²) in [7, 11) is 0. The van der Waals surface area contributed by atoms with Crippen LogP contribution in [-0.2, 0) is 9.53 Å². The van der Waals surface area contributed by atoms with Crippen LogP contribution >= 0.6 is 0 Å². The molecule has 0 unspecified atom stereocenters. The average Bonchev–Trinajstić information content (AvgIpc) is 2.35. The Morgan fingerprint density at radius 1 is 1.58 bits per heavy atom. The SMILES string of the molecule is CCNCCN1C(=O)COC1=O. The third-order valence-corrected chi connectivity index (χ3v) is 1.60. The van der Waals surface area contributed by atoms with Crippen LogP contribution in [0.1, 0.15) is 6.92 Å². The van der Waals surface area contributed by atoms with Gasteiger partial charge in [-0.05, 0) is 6.54 Å². The lowest BCUT2D eigenvalue weighted by Crippen LogP contribution is -2.35. The topological polar surface area (TPSA) is 58.6 Å². The fourth-order valence-electron chi connectivity index (χ4n) is 0.965. The summed E-state index contributed by atoms with van der Waals surface area (Å²) in [6.45, 7) is 3.70. The molecule has 0 saturated carbocycles. The van der Waals surface area contributed by atoms with Gasteiger partial charge in [-0.15, -0.1) is 0 Å². The molecule has 0 aromatic heterocycles. The molecule has 0 aromatic carbocycles. The Morgan fingerprint density at radius 2 is 2.33 bits per heavy atom. The summed E-state index contributed by atoms with van der Waals surface area (Å²) in [6.07, 6.45) is -0.530. The van der Waals surface area contributed by atoms with E-state index in [1.165, 1.54) is 0 Å². The predicted molar refractivity (Wildman–Crippen MR) is 41.6 cm³/mol. The van der Waals surface area contributed by atoms with Gasteiger partial charge >= 0.3 is 6.09 Å². The maximum atomic E-state index is 10.9. The van der Waals surface area contributed by atoms with Gasteiger partial charge < -0.3 is 10.1 Å². The van der Waals surface area contributed by atoms with Crippen LogP contribution in [0.15, 0.2) is 0 Å². The number of ether oxygens (including phenoxy) is 1. The van der Waals surface area contributed by atoms with E-state index >= 15 is 0 Å². The van der Waals surface area contributed by atoms with Gasteiger partial charge in [0.2, 0.25) is 0 Å². The summed E-state index contributed by atoms with van der Waals surface area (Å²) in [6, 6.07) is 0. The van der Waals surface area contributed by atoms with Crippen LogP contribution in [-0.4, -0.2) is 43.1 Å². The minimum atomic E-state index is -0.530. The van der Waals surface area contributed by atoms with E-state index in [1.54, 1.807) is 0 Å². The number of hydrogen-bond acceptors (Lipinski definition) is 4. The molecule has 1 aliphatic rings. The molecular formula is C7H12N2O3. The molecule has 68 valence electrons. The van der Waals surface area contributed by atoms with Crippen molar-refractivity contribution in [3.8, 4) is 0 Å². The maximum absolute atomic E-state index is 10.9. The second kappa shape index (κ2) is 4.06. The number of nitrogens with one attached hydrogen (secondary N) is 1. The Kier molecular flexibility index (Phi) is 3.04. The van der Waals surface area contributed by atoms with Crippen molar-refractivity contribution >= 4 is 12.0 Å². The highest BCUT2D eigenvalue weighted by Crippen LogP contribution is 2.03. The molecule has 0 aromatic rings. The number of carbonyl (C=O) groups excluding carboxylic acids is 2. The monoisotopic (exact) mass is 172 g/mol. The number of cyclic esters (lactones) is 1. The van der Waals surface area contributed by atoms with Crippen LogP contribution in [0.25, 0.3) is 0 Å². The number of imide groups is 1. The first-order valence-corrected chi connectivity index (χ1v) is 3.93. The average molecular weight is 172 g/mol. The van der Waals surface area contributed by atoms with E-state index in [1.807, 2.05) is 6.92 Å². The van der Waals surface area contributed by atoms with E-state index < -0.39 is 6.09 Å². The van der Waals surface area contributed by atoms with E-state index in [2.05, 4.69) is 10.1 Å². The first-order valence-electron chi connectivity index (χ1n) is 3.93. The summed E-state index contributed by atoms with van der Waals surface area (Å²) in [5.41, 5.74) is 0. The highest BCUT2D eigenvalue weighted by Gasteiger charge is 2.29. The Morgan fingerprint density at radius 3 is 2.83 bits per heavy atom. The molecule has 0 spiro atoms. The molecule has 1 heterocycles. The zero-order chi connectivity index (χ0) is 8.97. The molecule has 12 heavy (non-hydrogen) atoms. The molecule has 1 saturated heterocycles. The van der Waals surface area contributed by atoms with Gasteiger partial charge in [-0.2, -0.15) is 0 Å². The molecule has 0 bridgehead atoms. The fourth-order valence-corrected chi connectivity index (χ4v) is 0.965. The minimum Gasteiger partial charge on any atom is -0.439 e. The van der Waals surface area contributed by atoms with Crippen molar-refractivity contribution in [3.05, 3.63) is 0 Å². The highest BCUT2D eigenvalue weighted by atomic mass is 16.6. The van der Waals surface area contributed by atoms with Gasteiger partial charge in [0, 0.05) is 13.1 Å². The van der Waals surface area contributed by atoms with Crippen molar-refractivity contribution in [2.24, 2.45) is 0 Å². The third kappa shape index (κ3) is 1.94. The molecule has 0 radical (unpaired) electrons. The second-order valence-corrected chi connectivity index (χ2v) is 2.45. The summed E-state index contributed by atoms with van der Waals surface area (Å²) in [5, 5.41) is 3.01. The van der Waals surface area contributed by atoms with Crippen LogP contribution < -0.4 is 5.32 Å². The van der Waals surface area contributed by atoms with Gasteiger partial charge in [0.15, 0.2) is 6.61 Å². The van der Waals surface area contributed by atoms with Crippen LogP contribution in [0, 0.1) is 0 Å². The van der Waals surface area contributed by atoms with Gasteiger partial charge in [-0.1, -0.05) is 6.92 Å². The van der Waals surface area contributed by atoms with E-state index in [9.17, 15) is 9.59 Å². The first kappa shape index (κ1) is 8.99. The minimum absolute atomic E-state index is 0.106. The normalized spacial score (nSPS) is 16.9. The zero-order valence-corrected chi connectivity index (χ0v) is 7.00. The smallest absolute Gasteiger partial charge is 0.417 e. The van der Waals surface area contributed by atoms with Crippen molar-refractivity contribution in [1.82, 2.24) is 10.2 Å². The van der Waals surface area contributed by atoms with E-state index in [4.69, 9.17) is 0 Å². The van der Waals surface area contributed by atoms with Crippen molar-refractivity contribution in [2.45, 2.75) is 6.92 Å². The Balaban J connectivity index is 2.30. The standard InChI is InChI=1S/C7H12N2O3/c1-2-8-3-4-9-6(10)5-12-7(9)11/h8H,2-5H2,1H3. The molecule has 1 rings (SSSR count). The number of nitrogens with zero attached hydrogens (tertiary/aromatic N) is 1. The van der Waals surface area contributed by atoms with Crippen LogP contribution in [0.2, 0.25) is 0 Å². The van der Waals surface area contributed by atoms with Crippen LogP contribution in [0.5, 0.6) is 0 Å². The third-order valence-electron chi connectivity index (χ3n) is 1.60. The Hall–Kier alpha value is -1.10. The van der Waals surface area contributed by atoms with Crippen LogP contribution in [0.4, 0.5) is 4.79 Å². The second-order valence-electron chi connectivity index (χ2n) is 2.45. The summed E-state index contributed by atoms with van der Waals surface area (Å²) >= 11 is 0. The number of carbonyl (C=O) groups is 2. The van der Waals surface area contributed by atoms with E-state index in [0.717, 1.165) is 11.4 Å². The summed E-state index contributed by atoms with van der Waals surface area (Å²) in [4.78, 5) is 22.9. The molecule has 5 heteroatoms. The van der Waals surface area contributed by atoms with Gasteiger partial charge in [-0.25, -0.2) is 9.69 Å². The summed E-state index contributed by atoms with van der Waals surface area (Å²) < 4.78 is 4.52. The lowest BCUT2D eigenvalue weighted by molar-refractivity contribution is -0.125. The lowest BCUT2D eigenvalue weighted by atomic mass is 10.5. The quantitative estimate of drug-likeness (QED) is 0.585. The Labute approximate surface area is 70.7 Å². The zero-order valence-electron chi connectivity index (χ0n) is 7.00. The van der Waals surface area contributed by atoms with Crippen molar-refractivity contribution in [2.75, 3.05) is 26.2 Å². The molecule has 0 aliphatic carbocycles. The number of rotatable bonds is 4. The number of likely N-dealkylation sites (N-methyl/N-ethyl adjacent to an activating group) is 1. The van der Waals surface area contributed by atoms with E-state index in [0.29, 0.717) is 13.1 Å². The van der Waals surface area contributed by atoms with Gasteiger partial charge in [-0.3, -0.25) is 4.79 Å². The molecule has 1 aliphatic heterocycles. The van der Waals surface area contributed by atoms with Crippen molar-refractivity contribution in [3.63, 3.8) is 0 Å². The van der Waals surface area contributed by atoms with Crippen LogP contribution in [0.3, 0.4) is 0 Å². The highest BCUT2D eigenvalue weighted by molar-refractivity contribution is 5.97. The number of amides is 2. The largest absolute Gasteiger partial charge is 0.439 e. The molecule has 5 nitrogen and oxygen atoms in total. The molecule has 1 fully saturated rings. The van der Waals surface area contributed by atoms with Gasteiger partial charge in [0.25, 0.3) is 5.91 Å². The first-order chi connectivity index (χ1) is 5.75. The predicted octanol–water partition coefficient (Wildman–Crippen LogP) is -0.425. The summed E-state index contributed by atoms with van der Waals surface area (Å²) in [5.74, 6) is -0.252. The number of hydrogen-bond donors (Lipinski definition) is 1. The maximum Gasteiger partial charge on any atom is 0.417 e. The van der Waals surface area contributed by atoms with Crippen molar-refractivity contribution < 1.29 is 14.3 Å². The molecule has 2 amide bonds. The lowest BCUT2D eigenvalue weighted by Gasteiger charge is -2.09.